The zero-order chi connectivity index (χ0) is 9.10. The molecule has 6 heteroatoms. The van der Waals surface area contributed by atoms with E-state index >= 15 is 0 Å². The maximum Gasteiger partial charge on any atom is 0.243 e. The normalized spacial score (nSPS) is 21.7. The van der Waals surface area contributed by atoms with Crippen molar-refractivity contribution in [2.45, 2.75) is 18.9 Å². The van der Waals surface area contributed by atoms with Crippen molar-refractivity contribution in [1.29, 1.82) is 0 Å². The van der Waals surface area contributed by atoms with E-state index in [0.29, 0.717) is 5.13 Å². The second-order valence-corrected chi connectivity index (χ2v) is 3.72. The smallest absolute Gasteiger partial charge is 0.243 e. The highest BCUT2D eigenvalue weighted by molar-refractivity contribution is 7.13. The lowest BCUT2D eigenvalue weighted by atomic mass is 10.2. The lowest BCUT2D eigenvalue weighted by molar-refractivity contribution is -0.117. The van der Waals surface area contributed by atoms with Gasteiger partial charge in [0.25, 0.3) is 0 Å². The third kappa shape index (κ3) is 2.02. The van der Waals surface area contributed by atoms with Gasteiger partial charge in [0.2, 0.25) is 11.0 Å². The van der Waals surface area contributed by atoms with Gasteiger partial charge in [0, 0.05) is 0 Å². The molecule has 0 bridgehead atoms. The molecule has 1 aliphatic rings. The second kappa shape index (κ2) is 3.80. The molecule has 2 rings (SSSR count). The minimum absolute atomic E-state index is 0.00532. The van der Waals surface area contributed by atoms with Gasteiger partial charge in [0.15, 0.2) is 0 Å². The Morgan fingerprint density at radius 3 is 3.31 bits per heavy atom. The number of rotatable bonds is 2. The Kier molecular flexibility index (Phi) is 2.51. The van der Waals surface area contributed by atoms with Crippen molar-refractivity contribution in [3.63, 3.8) is 0 Å². The topological polar surface area (TPSA) is 66.9 Å². The largest absolute Gasteiger partial charge is 0.306 e. The first kappa shape index (κ1) is 8.58. The molecule has 5 nitrogen and oxygen atoms in total. The van der Waals surface area contributed by atoms with Gasteiger partial charge in [-0.25, -0.2) is 0 Å². The summed E-state index contributed by atoms with van der Waals surface area (Å²) in [6.45, 7) is 0.925. The van der Waals surface area contributed by atoms with E-state index in [-0.39, 0.29) is 11.9 Å². The highest BCUT2D eigenvalue weighted by Crippen LogP contribution is 2.11. The lowest BCUT2D eigenvalue weighted by Crippen LogP contribution is -2.35. The molecule has 1 unspecified atom stereocenters. The van der Waals surface area contributed by atoms with E-state index in [9.17, 15) is 4.79 Å². The van der Waals surface area contributed by atoms with Crippen molar-refractivity contribution in [2.24, 2.45) is 0 Å². The molecule has 1 amide bonds. The first-order valence-electron chi connectivity index (χ1n) is 4.16. The molecule has 13 heavy (non-hydrogen) atoms. The van der Waals surface area contributed by atoms with E-state index in [2.05, 4.69) is 20.8 Å². The van der Waals surface area contributed by atoms with Gasteiger partial charge in [0.05, 0.1) is 6.04 Å². The maximum atomic E-state index is 11.5. The van der Waals surface area contributed by atoms with E-state index < -0.39 is 0 Å². The van der Waals surface area contributed by atoms with E-state index in [4.69, 9.17) is 0 Å². The van der Waals surface area contributed by atoms with E-state index in [1.54, 1.807) is 5.51 Å². The van der Waals surface area contributed by atoms with Crippen LogP contribution in [0.3, 0.4) is 0 Å². The van der Waals surface area contributed by atoms with Crippen LogP contribution in [0.2, 0.25) is 0 Å². The number of hydrogen-bond donors (Lipinski definition) is 2. The quantitative estimate of drug-likeness (QED) is 0.713. The summed E-state index contributed by atoms with van der Waals surface area (Å²) in [5.74, 6) is -0.00532. The molecule has 2 heterocycles. The maximum absolute atomic E-state index is 11.5. The fourth-order valence-electron chi connectivity index (χ4n) is 1.33. The Morgan fingerprint density at radius 2 is 2.69 bits per heavy atom. The van der Waals surface area contributed by atoms with Crippen LogP contribution in [0, 0.1) is 0 Å². The molecule has 1 atom stereocenters. The molecule has 0 saturated carbocycles. The van der Waals surface area contributed by atoms with Gasteiger partial charge in [0.1, 0.15) is 5.51 Å². The molecule has 70 valence electrons. The number of carbonyl (C=O) groups is 1. The van der Waals surface area contributed by atoms with Crippen LogP contribution < -0.4 is 10.6 Å². The predicted octanol–water partition coefficient (Wildman–Crippen LogP) is 0.229. The molecule has 2 N–H and O–H groups in total. The summed E-state index contributed by atoms with van der Waals surface area (Å²) < 4.78 is 0. The van der Waals surface area contributed by atoms with E-state index in [1.165, 1.54) is 11.3 Å². The first-order chi connectivity index (χ1) is 6.36. The molecule has 1 saturated heterocycles. The fourth-order valence-corrected chi connectivity index (χ4v) is 1.78. The van der Waals surface area contributed by atoms with Crippen molar-refractivity contribution >= 4 is 22.4 Å². The molecule has 0 aromatic carbocycles. The minimum Gasteiger partial charge on any atom is -0.306 e. The molecule has 1 aliphatic heterocycles. The van der Waals surface area contributed by atoms with Gasteiger partial charge in [-0.05, 0) is 19.4 Å². The Balaban J connectivity index is 1.91. The first-order valence-corrected chi connectivity index (χ1v) is 5.04. The van der Waals surface area contributed by atoms with Gasteiger partial charge in [-0.2, -0.15) is 0 Å². The van der Waals surface area contributed by atoms with Crippen LogP contribution in [0.1, 0.15) is 12.8 Å². The minimum atomic E-state index is -0.0519. The van der Waals surface area contributed by atoms with E-state index in [1.807, 2.05) is 0 Å². The number of amides is 1. The SMILES string of the molecule is O=C(Nc1nncs1)C1CCCN1. The zero-order valence-electron chi connectivity index (χ0n) is 6.99. The Morgan fingerprint density at radius 1 is 1.77 bits per heavy atom. The zero-order valence-corrected chi connectivity index (χ0v) is 7.80. The summed E-state index contributed by atoms with van der Waals surface area (Å²) in [5, 5.41) is 13.8. The lowest BCUT2D eigenvalue weighted by Gasteiger charge is -2.07. The average molecular weight is 198 g/mol. The van der Waals surface area contributed by atoms with E-state index in [0.717, 1.165) is 19.4 Å². The molecule has 0 aliphatic carbocycles. The van der Waals surface area contributed by atoms with Crippen LogP contribution in [-0.4, -0.2) is 28.7 Å². The highest BCUT2D eigenvalue weighted by Gasteiger charge is 2.22. The molecular formula is C7H10N4OS. The van der Waals surface area contributed by atoms with Crippen LogP contribution in [0.25, 0.3) is 0 Å². The van der Waals surface area contributed by atoms with Crippen molar-refractivity contribution in [1.82, 2.24) is 15.5 Å². The summed E-state index contributed by atoms with van der Waals surface area (Å²) >= 11 is 1.33. The Bertz CT molecular complexity index is 281. The summed E-state index contributed by atoms with van der Waals surface area (Å²) in [7, 11) is 0. The van der Waals surface area contributed by atoms with Crippen LogP contribution in [0.5, 0.6) is 0 Å². The van der Waals surface area contributed by atoms with Gasteiger partial charge >= 0.3 is 0 Å². The number of hydrogen-bond acceptors (Lipinski definition) is 5. The van der Waals surface area contributed by atoms with Crippen LogP contribution in [0.4, 0.5) is 5.13 Å². The van der Waals surface area contributed by atoms with Gasteiger partial charge < -0.3 is 5.32 Å². The number of aromatic nitrogens is 2. The molecule has 0 spiro atoms. The third-order valence-corrected chi connectivity index (χ3v) is 2.57. The van der Waals surface area contributed by atoms with Crippen LogP contribution in [-0.2, 0) is 4.79 Å². The highest BCUT2D eigenvalue weighted by atomic mass is 32.1. The van der Waals surface area contributed by atoms with Gasteiger partial charge in [-0.1, -0.05) is 11.3 Å². The number of nitrogens with zero attached hydrogens (tertiary/aromatic N) is 2. The Labute approximate surface area is 79.6 Å². The van der Waals surface area contributed by atoms with Crippen molar-refractivity contribution < 1.29 is 4.79 Å². The van der Waals surface area contributed by atoms with Crippen molar-refractivity contribution in [2.75, 3.05) is 11.9 Å². The summed E-state index contributed by atoms with van der Waals surface area (Å²) in [6.07, 6.45) is 1.97. The molecule has 1 aromatic rings. The van der Waals surface area contributed by atoms with Crippen LogP contribution >= 0.6 is 11.3 Å². The van der Waals surface area contributed by atoms with Crippen LogP contribution in [0.15, 0.2) is 5.51 Å². The monoisotopic (exact) mass is 198 g/mol. The van der Waals surface area contributed by atoms with Gasteiger partial charge in [-0.15, -0.1) is 10.2 Å². The van der Waals surface area contributed by atoms with Gasteiger partial charge in [-0.3, -0.25) is 10.1 Å². The number of carbonyl (C=O) groups excluding carboxylic acids is 1. The second-order valence-electron chi connectivity index (χ2n) is 2.88. The predicted molar refractivity (Wildman–Crippen MR) is 49.6 cm³/mol. The van der Waals surface area contributed by atoms with Crippen molar-refractivity contribution in [3.8, 4) is 0 Å². The van der Waals surface area contributed by atoms with Crippen molar-refractivity contribution in [3.05, 3.63) is 5.51 Å². The number of nitrogens with one attached hydrogen (secondary N) is 2. The number of anilines is 1. The summed E-state index contributed by atoms with van der Waals surface area (Å²) in [6, 6.07) is -0.0519. The molecular weight excluding hydrogens is 188 g/mol. The average Bonchev–Trinajstić information content (AvgIpc) is 2.74. The fraction of sp³-hybridized carbons (Fsp3) is 0.571. The summed E-state index contributed by atoms with van der Waals surface area (Å²) in [5.41, 5.74) is 1.59. The standard InChI is InChI=1S/C7H10N4OS/c12-6(5-2-1-3-8-5)10-7-11-9-4-13-7/h4-5,8H,1-3H2,(H,10,11,12). The Hall–Kier alpha value is -1.01. The molecule has 0 radical (unpaired) electrons. The third-order valence-electron chi connectivity index (χ3n) is 1.97. The molecule has 1 aromatic heterocycles. The summed E-state index contributed by atoms with van der Waals surface area (Å²) in [4.78, 5) is 11.5. The molecule has 1 fully saturated rings.